The largest absolute Gasteiger partial charge is 1.00 e. The highest BCUT2D eigenvalue weighted by Gasteiger charge is 2.17. The van der Waals surface area contributed by atoms with E-state index in [1.807, 2.05) is 0 Å². The van der Waals surface area contributed by atoms with Crippen LogP contribution < -0.4 is 18.1 Å². The summed E-state index contributed by atoms with van der Waals surface area (Å²) in [7, 11) is 0. The number of hydrogen-bond donors (Lipinski definition) is 1. The topological polar surface area (TPSA) is 27.6 Å². The highest BCUT2D eigenvalue weighted by Crippen LogP contribution is 2.28. The first-order chi connectivity index (χ1) is 10.6. The third kappa shape index (κ3) is 12.5. The van der Waals surface area contributed by atoms with Crippen LogP contribution in [0.4, 0.5) is 0 Å². The zero-order valence-corrected chi connectivity index (χ0v) is 16.2. The van der Waals surface area contributed by atoms with Crippen molar-refractivity contribution in [3.8, 4) is 0 Å². The molecule has 0 aromatic heterocycles. The Bertz CT molecular complexity index is 361. The average molecular weight is 340 g/mol. The van der Waals surface area contributed by atoms with Gasteiger partial charge in [-0.3, -0.25) is 0 Å². The van der Waals surface area contributed by atoms with Gasteiger partial charge in [-0.2, -0.15) is 0 Å². The van der Waals surface area contributed by atoms with E-state index >= 15 is 0 Å². The first-order valence-corrected chi connectivity index (χ1v) is 9.47. The molecular weight excluding hydrogens is 302 g/mol. The first-order valence-electron chi connectivity index (χ1n) is 9.47. The Morgan fingerprint density at radius 2 is 1.22 bits per heavy atom. The second-order valence-corrected chi connectivity index (χ2v) is 7.61. The van der Waals surface area contributed by atoms with Crippen LogP contribution in [0, 0.1) is 5.41 Å². The number of unbranched alkanes of at least 4 members (excludes halogenated alkanes) is 8. The van der Waals surface area contributed by atoms with E-state index in [2.05, 4.69) is 49.9 Å². The molecule has 0 bridgehead atoms. The highest BCUT2D eigenvalue weighted by molar-refractivity contribution is 5.16. The van der Waals surface area contributed by atoms with Gasteiger partial charge in [0, 0.05) is 0 Å². The maximum atomic E-state index is 3.90. The van der Waals surface area contributed by atoms with Crippen LogP contribution in [0.5, 0.6) is 0 Å². The molecular formula is C21H38ClN. The SMILES string of the molecule is CC(C)(CCCCCCCCCCC[NH3+])Cc1ccccc1.[Cl-]. The normalized spacial score (nSPS) is 11.3. The molecule has 0 unspecified atom stereocenters. The molecule has 1 nitrogen and oxygen atoms in total. The molecule has 0 fully saturated rings. The van der Waals surface area contributed by atoms with Crippen molar-refractivity contribution in [1.82, 2.24) is 0 Å². The fraction of sp³-hybridized carbons (Fsp3) is 0.714. The maximum Gasteiger partial charge on any atom is 0.0739 e. The van der Waals surface area contributed by atoms with Gasteiger partial charge in [0.25, 0.3) is 0 Å². The second-order valence-electron chi connectivity index (χ2n) is 7.61. The fourth-order valence-corrected chi connectivity index (χ4v) is 3.25. The highest BCUT2D eigenvalue weighted by atomic mass is 35.5. The standard InChI is InChI=1S/C21H37N.ClH/c1-21(2,19-20-15-11-10-12-16-20)17-13-8-6-4-3-5-7-9-14-18-22;/h10-12,15-16H,3-9,13-14,17-19,22H2,1-2H3;1H. The quantitative estimate of drug-likeness (QED) is 0.534. The molecule has 0 aliphatic carbocycles. The van der Waals surface area contributed by atoms with E-state index in [1.165, 1.54) is 76.2 Å². The van der Waals surface area contributed by atoms with Gasteiger partial charge in [-0.05, 0) is 36.7 Å². The summed E-state index contributed by atoms with van der Waals surface area (Å²) in [5.74, 6) is 0. The smallest absolute Gasteiger partial charge is 0.0739 e. The number of hydrogen-bond acceptors (Lipinski definition) is 0. The summed E-state index contributed by atoms with van der Waals surface area (Å²) in [4.78, 5) is 0. The number of benzene rings is 1. The van der Waals surface area contributed by atoms with E-state index in [9.17, 15) is 0 Å². The fourth-order valence-electron chi connectivity index (χ4n) is 3.25. The van der Waals surface area contributed by atoms with Crippen molar-refractivity contribution in [1.29, 1.82) is 0 Å². The van der Waals surface area contributed by atoms with Crippen molar-refractivity contribution < 1.29 is 18.1 Å². The van der Waals surface area contributed by atoms with Crippen molar-refractivity contribution in [3.63, 3.8) is 0 Å². The molecule has 0 heterocycles. The Morgan fingerprint density at radius 1 is 0.739 bits per heavy atom. The lowest BCUT2D eigenvalue weighted by molar-refractivity contribution is -0.368. The predicted octanol–water partition coefficient (Wildman–Crippen LogP) is 2.40. The van der Waals surface area contributed by atoms with Gasteiger partial charge in [0.05, 0.1) is 6.54 Å². The molecule has 0 radical (unpaired) electrons. The van der Waals surface area contributed by atoms with E-state index < -0.39 is 0 Å². The lowest BCUT2D eigenvalue weighted by Crippen LogP contribution is -3.00. The van der Waals surface area contributed by atoms with Crippen LogP contribution in [0.2, 0.25) is 0 Å². The molecule has 3 N–H and O–H groups in total. The minimum Gasteiger partial charge on any atom is -1.00 e. The molecule has 0 aliphatic rings. The molecule has 0 aliphatic heterocycles. The van der Waals surface area contributed by atoms with Gasteiger partial charge < -0.3 is 18.1 Å². The van der Waals surface area contributed by atoms with Crippen LogP contribution in [0.1, 0.15) is 83.6 Å². The Balaban J connectivity index is 0.00000484. The molecule has 2 heteroatoms. The van der Waals surface area contributed by atoms with Gasteiger partial charge in [0.1, 0.15) is 0 Å². The number of quaternary nitrogens is 1. The zero-order valence-electron chi connectivity index (χ0n) is 15.5. The monoisotopic (exact) mass is 339 g/mol. The van der Waals surface area contributed by atoms with Crippen LogP contribution in [-0.2, 0) is 6.42 Å². The molecule has 1 rings (SSSR count). The molecule has 134 valence electrons. The van der Waals surface area contributed by atoms with Crippen molar-refractivity contribution in [2.45, 2.75) is 84.5 Å². The Labute approximate surface area is 150 Å². The molecule has 0 saturated carbocycles. The second kappa shape index (κ2) is 13.9. The zero-order chi connectivity index (χ0) is 16.1. The van der Waals surface area contributed by atoms with Gasteiger partial charge in [0.15, 0.2) is 0 Å². The van der Waals surface area contributed by atoms with Crippen LogP contribution in [0.3, 0.4) is 0 Å². The number of halogens is 1. The molecule has 23 heavy (non-hydrogen) atoms. The van der Waals surface area contributed by atoms with E-state index in [0.717, 1.165) is 6.54 Å². The van der Waals surface area contributed by atoms with E-state index in [4.69, 9.17) is 0 Å². The van der Waals surface area contributed by atoms with Gasteiger partial charge >= 0.3 is 0 Å². The summed E-state index contributed by atoms with van der Waals surface area (Å²) < 4.78 is 0. The van der Waals surface area contributed by atoms with Crippen LogP contribution in [0.15, 0.2) is 30.3 Å². The summed E-state index contributed by atoms with van der Waals surface area (Å²) in [6.07, 6.45) is 15.2. The molecule has 0 saturated heterocycles. The Morgan fingerprint density at radius 3 is 1.74 bits per heavy atom. The van der Waals surface area contributed by atoms with Gasteiger partial charge in [-0.1, -0.05) is 89.1 Å². The Kier molecular flexibility index (Phi) is 13.5. The van der Waals surface area contributed by atoms with Crippen LogP contribution >= 0.6 is 0 Å². The van der Waals surface area contributed by atoms with Crippen molar-refractivity contribution in [3.05, 3.63) is 35.9 Å². The molecule has 0 spiro atoms. The maximum absolute atomic E-state index is 3.90. The van der Waals surface area contributed by atoms with E-state index in [1.54, 1.807) is 0 Å². The van der Waals surface area contributed by atoms with E-state index in [-0.39, 0.29) is 12.4 Å². The van der Waals surface area contributed by atoms with Gasteiger partial charge in [0.2, 0.25) is 0 Å². The summed E-state index contributed by atoms with van der Waals surface area (Å²) >= 11 is 0. The lowest BCUT2D eigenvalue weighted by Gasteiger charge is -2.24. The third-order valence-electron chi connectivity index (χ3n) is 4.63. The molecule has 1 aromatic rings. The first kappa shape index (κ1) is 22.5. The molecule has 1 aromatic carbocycles. The van der Waals surface area contributed by atoms with Crippen LogP contribution in [-0.4, -0.2) is 6.54 Å². The minimum atomic E-state index is 0. The average Bonchev–Trinajstić information content (AvgIpc) is 2.49. The van der Waals surface area contributed by atoms with Crippen molar-refractivity contribution >= 4 is 0 Å². The lowest BCUT2D eigenvalue weighted by atomic mass is 9.81. The summed E-state index contributed by atoms with van der Waals surface area (Å²) in [5.41, 5.74) is 5.82. The minimum absolute atomic E-state index is 0. The summed E-state index contributed by atoms with van der Waals surface area (Å²) in [6, 6.07) is 10.9. The molecule has 0 atom stereocenters. The van der Waals surface area contributed by atoms with Gasteiger partial charge in [-0.25, -0.2) is 0 Å². The summed E-state index contributed by atoms with van der Waals surface area (Å²) in [6.45, 7) is 5.95. The van der Waals surface area contributed by atoms with E-state index in [0.29, 0.717) is 5.41 Å². The molecule has 0 amide bonds. The Hall–Kier alpha value is -0.530. The predicted molar refractivity (Wildman–Crippen MR) is 97.9 cm³/mol. The van der Waals surface area contributed by atoms with Gasteiger partial charge in [-0.15, -0.1) is 0 Å². The third-order valence-corrected chi connectivity index (χ3v) is 4.63. The van der Waals surface area contributed by atoms with Crippen molar-refractivity contribution in [2.75, 3.05) is 6.54 Å². The van der Waals surface area contributed by atoms with Crippen molar-refractivity contribution in [2.24, 2.45) is 5.41 Å². The summed E-state index contributed by atoms with van der Waals surface area (Å²) in [5, 5.41) is 0. The van der Waals surface area contributed by atoms with Crippen LogP contribution in [0.25, 0.3) is 0 Å². The number of rotatable bonds is 13.